The molecule has 3 rings (SSSR count). The lowest BCUT2D eigenvalue weighted by atomic mass is 9.75. The molecule has 0 spiro atoms. The SMILES string of the molecule is NC1(Cc2c(Cl)cccc2Cl)CCc2ccccc2C1. The van der Waals surface area contributed by atoms with Crippen LogP contribution in [-0.2, 0) is 19.3 Å². The van der Waals surface area contributed by atoms with E-state index in [0.29, 0.717) is 10.0 Å². The molecule has 0 aliphatic heterocycles. The molecule has 2 aromatic rings. The molecule has 104 valence electrons. The summed E-state index contributed by atoms with van der Waals surface area (Å²) in [5.74, 6) is 0. The van der Waals surface area contributed by atoms with Crippen molar-refractivity contribution in [1.29, 1.82) is 0 Å². The second-order valence-corrected chi connectivity index (χ2v) is 6.50. The first-order valence-corrected chi connectivity index (χ1v) is 7.62. The minimum absolute atomic E-state index is 0.261. The van der Waals surface area contributed by atoms with Gasteiger partial charge in [0.1, 0.15) is 0 Å². The maximum Gasteiger partial charge on any atom is 0.0453 e. The summed E-state index contributed by atoms with van der Waals surface area (Å²) in [6.07, 6.45) is 3.59. The number of aryl methyl sites for hydroxylation is 1. The van der Waals surface area contributed by atoms with Gasteiger partial charge >= 0.3 is 0 Å². The monoisotopic (exact) mass is 305 g/mol. The summed E-state index contributed by atoms with van der Waals surface area (Å²) in [5.41, 5.74) is 10.1. The van der Waals surface area contributed by atoms with E-state index in [1.165, 1.54) is 11.1 Å². The number of hydrogen-bond donors (Lipinski definition) is 1. The number of benzene rings is 2. The quantitative estimate of drug-likeness (QED) is 0.873. The van der Waals surface area contributed by atoms with E-state index in [1.54, 1.807) is 0 Å². The molecule has 0 bridgehead atoms. The number of rotatable bonds is 2. The van der Waals surface area contributed by atoms with Gasteiger partial charge in [-0.05, 0) is 54.5 Å². The summed E-state index contributed by atoms with van der Waals surface area (Å²) in [7, 11) is 0. The van der Waals surface area contributed by atoms with Gasteiger partial charge in [0.05, 0.1) is 0 Å². The molecule has 1 unspecified atom stereocenters. The minimum atomic E-state index is -0.261. The molecule has 1 nitrogen and oxygen atoms in total. The van der Waals surface area contributed by atoms with E-state index < -0.39 is 0 Å². The molecule has 2 aromatic carbocycles. The molecular weight excluding hydrogens is 289 g/mol. The summed E-state index contributed by atoms with van der Waals surface area (Å²) in [4.78, 5) is 0. The van der Waals surface area contributed by atoms with Gasteiger partial charge in [0.2, 0.25) is 0 Å². The fraction of sp³-hybridized carbons (Fsp3) is 0.294. The lowest BCUT2D eigenvalue weighted by Gasteiger charge is -2.35. The zero-order valence-electron chi connectivity index (χ0n) is 11.2. The molecule has 0 aromatic heterocycles. The highest BCUT2D eigenvalue weighted by Gasteiger charge is 2.31. The topological polar surface area (TPSA) is 26.0 Å². The van der Waals surface area contributed by atoms with Crippen molar-refractivity contribution in [1.82, 2.24) is 0 Å². The van der Waals surface area contributed by atoms with Crippen LogP contribution in [0.2, 0.25) is 10.0 Å². The Hall–Kier alpha value is -1.02. The van der Waals surface area contributed by atoms with E-state index in [4.69, 9.17) is 28.9 Å². The molecule has 1 aliphatic rings. The third-order valence-electron chi connectivity index (χ3n) is 4.14. The van der Waals surface area contributed by atoms with Crippen LogP contribution in [-0.4, -0.2) is 5.54 Å². The van der Waals surface area contributed by atoms with E-state index in [0.717, 1.165) is 31.2 Å². The first-order chi connectivity index (χ1) is 9.57. The molecule has 0 saturated carbocycles. The van der Waals surface area contributed by atoms with Crippen LogP contribution < -0.4 is 5.73 Å². The molecule has 3 heteroatoms. The first-order valence-electron chi connectivity index (χ1n) is 6.86. The Morgan fingerprint density at radius 3 is 2.30 bits per heavy atom. The number of hydrogen-bond acceptors (Lipinski definition) is 1. The van der Waals surface area contributed by atoms with Crippen molar-refractivity contribution >= 4 is 23.2 Å². The highest BCUT2D eigenvalue weighted by molar-refractivity contribution is 6.36. The van der Waals surface area contributed by atoms with Gasteiger partial charge in [-0.1, -0.05) is 53.5 Å². The van der Waals surface area contributed by atoms with Gasteiger partial charge < -0.3 is 5.73 Å². The normalized spacial score (nSPS) is 21.6. The third kappa shape index (κ3) is 2.71. The fourth-order valence-electron chi connectivity index (χ4n) is 3.03. The number of fused-ring (bicyclic) bond motifs is 1. The fourth-order valence-corrected chi connectivity index (χ4v) is 3.56. The maximum atomic E-state index is 6.63. The molecule has 1 aliphatic carbocycles. The molecule has 0 amide bonds. The average molecular weight is 306 g/mol. The molecular formula is C17H17Cl2N. The van der Waals surface area contributed by atoms with Crippen molar-refractivity contribution in [2.45, 2.75) is 31.2 Å². The predicted molar refractivity (Wildman–Crippen MR) is 85.6 cm³/mol. The predicted octanol–water partition coefficient (Wildman–Crippen LogP) is 4.42. The van der Waals surface area contributed by atoms with E-state index in [9.17, 15) is 0 Å². The van der Waals surface area contributed by atoms with E-state index in [2.05, 4.69) is 24.3 Å². The van der Waals surface area contributed by atoms with E-state index in [1.807, 2.05) is 18.2 Å². The van der Waals surface area contributed by atoms with Crippen LogP contribution in [0.4, 0.5) is 0 Å². The van der Waals surface area contributed by atoms with Crippen LogP contribution in [0.25, 0.3) is 0 Å². The lowest BCUT2D eigenvalue weighted by molar-refractivity contribution is 0.369. The van der Waals surface area contributed by atoms with E-state index >= 15 is 0 Å². The van der Waals surface area contributed by atoms with Gasteiger partial charge in [0.25, 0.3) is 0 Å². The van der Waals surface area contributed by atoms with Crippen LogP contribution >= 0.6 is 23.2 Å². The van der Waals surface area contributed by atoms with Gasteiger partial charge in [0.15, 0.2) is 0 Å². The van der Waals surface area contributed by atoms with Gasteiger partial charge in [0, 0.05) is 15.6 Å². The van der Waals surface area contributed by atoms with Crippen molar-refractivity contribution in [2.24, 2.45) is 5.73 Å². The van der Waals surface area contributed by atoms with Crippen molar-refractivity contribution in [3.63, 3.8) is 0 Å². The maximum absolute atomic E-state index is 6.63. The second-order valence-electron chi connectivity index (χ2n) is 5.68. The van der Waals surface area contributed by atoms with Gasteiger partial charge in [-0.15, -0.1) is 0 Å². The van der Waals surface area contributed by atoms with Crippen molar-refractivity contribution in [2.75, 3.05) is 0 Å². The van der Waals surface area contributed by atoms with Crippen LogP contribution in [0, 0.1) is 0 Å². The van der Waals surface area contributed by atoms with Crippen LogP contribution in [0.15, 0.2) is 42.5 Å². The zero-order valence-corrected chi connectivity index (χ0v) is 12.7. The zero-order chi connectivity index (χ0) is 14.2. The summed E-state index contributed by atoms with van der Waals surface area (Å²) in [6.45, 7) is 0. The summed E-state index contributed by atoms with van der Waals surface area (Å²) < 4.78 is 0. The summed E-state index contributed by atoms with van der Waals surface area (Å²) in [5, 5.41) is 1.42. The third-order valence-corrected chi connectivity index (χ3v) is 4.85. The van der Waals surface area contributed by atoms with Crippen molar-refractivity contribution in [3.8, 4) is 0 Å². The Balaban J connectivity index is 1.88. The average Bonchev–Trinajstić information content (AvgIpc) is 2.43. The Morgan fingerprint density at radius 1 is 0.950 bits per heavy atom. The summed E-state index contributed by atoms with van der Waals surface area (Å²) >= 11 is 12.5. The number of nitrogens with two attached hydrogens (primary N) is 1. The van der Waals surface area contributed by atoms with Gasteiger partial charge in [-0.25, -0.2) is 0 Å². The van der Waals surface area contributed by atoms with Crippen molar-refractivity contribution < 1.29 is 0 Å². The number of halogens is 2. The highest BCUT2D eigenvalue weighted by Crippen LogP contribution is 2.34. The Labute approximate surface area is 129 Å². The standard InChI is InChI=1S/C17H17Cl2N/c18-15-6-3-7-16(19)14(15)11-17(20)9-8-12-4-1-2-5-13(12)10-17/h1-7H,8-11,20H2. The minimum Gasteiger partial charge on any atom is -0.324 e. The van der Waals surface area contributed by atoms with Gasteiger partial charge in [-0.3, -0.25) is 0 Å². The van der Waals surface area contributed by atoms with E-state index in [-0.39, 0.29) is 5.54 Å². The Morgan fingerprint density at radius 2 is 1.60 bits per heavy atom. The summed E-state index contributed by atoms with van der Waals surface area (Å²) in [6, 6.07) is 14.2. The van der Waals surface area contributed by atoms with Gasteiger partial charge in [-0.2, -0.15) is 0 Å². The molecule has 20 heavy (non-hydrogen) atoms. The Kier molecular flexibility index (Phi) is 3.76. The molecule has 0 saturated heterocycles. The van der Waals surface area contributed by atoms with Crippen LogP contribution in [0.5, 0.6) is 0 Å². The smallest absolute Gasteiger partial charge is 0.0453 e. The van der Waals surface area contributed by atoms with Crippen molar-refractivity contribution in [3.05, 3.63) is 69.2 Å². The molecule has 2 N–H and O–H groups in total. The molecule has 0 fully saturated rings. The first kappa shape index (κ1) is 13.9. The second kappa shape index (κ2) is 5.40. The van der Waals surface area contributed by atoms with Crippen LogP contribution in [0.3, 0.4) is 0 Å². The highest BCUT2D eigenvalue weighted by atomic mass is 35.5. The largest absolute Gasteiger partial charge is 0.324 e. The van der Waals surface area contributed by atoms with Crippen LogP contribution in [0.1, 0.15) is 23.1 Å². The molecule has 0 radical (unpaired) electrons. The molecule has 1 atom stereocenters. The molecule has 0 heterocycles. The Bertz CT molecular complexity index is 618. The lowest BCUT2D eigenvalue weighted by Crippen LogP contribution is -2.47.